The van der Waals surface area contributed by atoms with Crippen LogP contribution in [0.25, 0.3) is 21.8 Å². The third-order valence-electron chi connectivity index (χ3n) is 14.1. The number of aromatic nitrogens is 2. The predicted octanol–water partition coefficient (Wildman–Crippen LogP) is 3.42. The van der Waals surface area contributed by atoms with Crippen LogP contribution in [0.4, 0.5) is 40.3 Å². The summed E-state index contributed by atoms with van der Waals surface area (Å²) in [7, 11) is 0. The number of carbonyl (C=O) groups is 2. The molecule has 2 aromatic heterocycles. The van der Waals surface area contributed by atoms with Gasteiger partial charge in [-0.05, 0) is 66.2 Å². The summed E-state index contributed by atoms with van der Waals surface area (Å²) in [6.07, 6.45) is 7.65. The summed E-state index contributed by atoms with van der Waals surface area (Å²) in [4.78, 5) is 73.7. The number of anilines is 4. The van der Waals surface area contributed by atoms with Gasteiger partial charge in [0.1, 0.15) is 22.5 Å². The second-order valence-electron chi connectivity index (χ2n) is 19.7. The Hall–Kier alpha value is -7.80. The zero-order valence-electron chi connectivity index (χ0n) is 41.5. The maximum atomic E-state index is 16.5. The average molecular weight is 1040 g/mol. The van der Waals surface area contributed by atoms with Crippen LogP contribution in [0.5, 0.6) is 0 Å². The standard InChI is InChI=1S/C48H62F4N16O6/c1-21-15-63(39-31(49)35(53)29-37(33(39)51)65(25-9-10-25)19-27(41(29)69)43(71)72)16-22(2)67(21)47(57)61-45(55)59-13-7-5-6-8-14-60-46(56)62-48(58)68-23(3)17-64(18-24(68)4)40-32(50)36(54)30-38(34(40)52)66(26-11-12-26)20-28(42(30)70)44(73)74/h19-26H,5-18,53-54H2,1-4H3,(H,71,72)(H,73,74)(H4,55,57,59,61)(H4,56,58,60,62). The molecule has 4 fully saturated rings. The molecule has 26 heteroatoms. The molecule has 22 nitrogen and oxygen atoms in total. The van der Waals surface area contributed by atoms with Gasteiger partial charge >= 0.3 is 11.9 Å². The van der Waals surface area contributed by atoms with E-state index in [0.717, 1.165) is 25.2 Å². The van der Waals surface area contributed by atoms with E-state index >= 15 is 17.6 Å². The van der Waals surface area contributed by atoms with Crippen molar-refractivity contribution in [3.63, 3.8) is 0 Å². The smallest absolute Gasteiger partial charge is 0.341 e. The highest BCUT2D eigenvalue weighted by molar-refractivity contribution is 6.01. The van der Waals surface area contributed by atoms with E-state index < -0.39 is 115 Å². The minimum atomic E-state index is -1.52. The Bertz CT molecular complexity index is 2950. The molecule has 0 amide bonds. The fourth-order valence-electron chi connectivity index (χ4n) is 10.5. The van der Waals surface area contributed by atoms with E-state index in [1.807, 2.05) is 0 Å². The van der Waals surface area contributed by atoms with Crippen LogP contribution in [-0.2, 0) is 0 Å². The molecule has 2 saturated heterocycles. The first-order valence-corrected chi connectivity index (χ1v) is 24.6. The molecule has 0 bridgehead atoms. The zero-order chi connectivity index (χ0) is 53.8. The number of halogens is 4. The van der Waals surface area contributed by atoms with Gasteiger partial charge < -0.3 is 73.3 Å². The molecule has 2 saturated carbocycles. The number of aliphatic imine (C=N–C) groups is 4. The lowest BCUT2D eigenvalue weighted by atomic mass is 10.0. The van der Waals surface area contributed by atoms with Gasteiger partial charge in [0.05, 0.1) is 33.2 Å². The van der Waals surface area contributed by atoms with Gasteiger partial charge in [-0.15, -0.1) is 0 Å². The van der Waals surface area contributed by atoms with E-state index in [1.54, 1.807) is 37.5 Å². The summed E-state index contributed by atoms with van der Waals surface area (Å²) in [5, 5.41) is 18.3. The Morgan fingerprint density at radius 3 is 1.19 bits per heavy atom. The summed E-state index contributed by atoms with van der Waals surface area (Å²) in [5.74, 6) is -7.30. The first-order valence-electron chi connectivity index (χ1n) is 24.6. The van der Waals surface area contributed by atoms with E-state index in [1.165, 1.54) is 18.9 Å². The Labute approximate surface area is 421 Å². The number of hydrogen-bond acceptors (Lipinski definition) is 10. The zero-order valence-corrected chi connectivity index (χ0v) is 41.5. The summed E-state index contributed by atoms with van der Waals surface area (Å²) < 4.78 is 67.7. The van der Waals surface area contributed by atoms with Crippen molar-refractivity contribution < 1.29 is 37.4 Å². The van der Waals surface area contributed by atoms with Gasteiger partial charge in [-0.3, -0.25) is 19.6 Å². The third kappa shape index (κ3) is 9.87. The van der Waals surface area contributed by atoms with Gasteiger partial charge in [-0.25, -0.2) is 27.2 Å². The van der Waals surface area contributed by atoms with Crippen LogP contribution in [0.2, 0.25) is 0 Å². The van der Waals surface area contributed by atoms with Crippen LogP contribution in [0.15, 0.2) is 42.0 Å². The minimum absolute atomic E-state index is 0.0452. The molecule has 74 heavy (non-hydrogen) atoms. The van der Waals surface area contributed by atoms with Gasteiger partial charge in [0.2, 0.25) is 22.8 Å². The van der Waals surface area contributed by atoms with Crippen molar-refractivity contribution in [3.8, 4) is 0 Å². The van der Waals surface area contributed by atoms with Gasteiger partial charge in [-0.2, -0.15) is 9.98 Å². The highest BCUT2D eigenvalue weighted by Gasteiger charge is 2.39. The number of aromatic carboxylic acids is 2. The molecule has 4 unspecified atom stereocenters. The quantitative estimate of drug-likeness (QED) is 0.0313. The van der Waals surface area contributed by atoms with E-state index in [9.17, 15) is 29.4 Å². The lowest BCUT2D eigenvalue weighted by Gasteiger charge is -2.46. The number of hydrogen-bond donors (Lipinski definition) is 8. The summed E-state index contributed by atoms with van der Waals surface area (Å²) >= 11 is 0. The second-order valence-corrected chi connectivity index (χ2v) is 19.7. The van der Waals surface area contributed by atoms with Crippen molar-refractivity contribution in [1.29, 1.82) is 0 Å². The molecule has 4 heterocycles. The normalized spacial score (nSPS) is 21.4. The molecule has 398 valence electrons. The van der Waals surface area contributed by atoms with Crippen LogP contribution >= 0.6 is 0 Å². The van der Waals surface area contributed by atoms with Crippen LogP contribution < -0.4 is 55.1 Å². The number of fused-ring (bicyclic) bond motifs is 2. The molecule has 0 radical (unpaired) electrons. The number of nitrogen functional groups attached to an aromatic ring is 2. The number of nitrogens with two attached hydrogens (primary N) is 6. The molecular weight excluding hydrogens is 973 g/mol. The van der Waals surface area contributed by atoms with Crippen molar-refractivity contribution in [1.82, 2.24) is 18.9 Å². The number of unbranched alkanes of at least 4 members (excludes halogenated alkanes) is 3. The Balaban J connectivity index is 0.819. The largest absolute Gasteiger partial charge is 0.477 e. The van der Waals surface area contributed by atoms with Crippen molar-refractivity contribution >= 4 is 80.3 Å². The van der Waals surface area contributed by atoms with E-state index in [-0.39, 0.29) is 73.1 Å². The number of benzene rings is 2. The number of nitrogens with zero attached hydrogens (tertiary/aromatic N) is 10. The maximum absolute atomic E-state index is 16.5. The topological polar surface area (TPSA) is 337 Å². The number of carboxylic acid groups (broad SMARTS) is 2. The van der Waals surface area contributed by atoms with E-state index in [2.05, 4.69) is 20.0 Å². The molecule has 14 N–H and O–H groups in total. The van der Waals surface area contributed by atoms with Crippen LogP contribution in [0, 0.1) is 23.3 Å². The maximum Gasteiger partial charge on any atom is 0.341 e. The number of rotatable bonds is 13. The molecule has 0 spiro atoms. The highest BCUT2D eigenvalue weighted by Crippen LogP contribution is 2.44. The van der Waals surface area contributed by atoms with Crippen LogP contribution in [-0.4, -0.2) is 128 Å². The number of piperazine rings is 2. The number of guanidine groups is 4. The summed E-state index contributed by atoms with van der Waals surface area (Å²) in [6.45, 7) is 8.31. The molecule has 4 aromatic rings. The molecule has 2 aliphatic carbocycles. The molecular formula is C48H62F4N16O6. The van der Waals surface area contributed by atoms with E-state index in [0.29, 0.717) is 51.6 Å². The lowest BCUT2D eigenvalue weighted by Crippen LogP contribution is -2.61. The van der Waals surface area contributed by atoms with Gasteiger partial charge in [-0.1, -0.05) is 12.8 Å². The third-order valence-corrected chi connectivity index (χ3v) is 14.1. The Morgan fingerprint density at radius 1 is 0.568 bits per heavy atom. The molecule has 2 aliphatic heterocycles. The average Bonchev–Trinajstić information content (AvgIpc) is 4.26. The number of pyridine rings is 2. The van der Waals surface area contributed by atoms with E-state index in [4.69, 9.17) is 34.4 Å². The molecule has 4 atom stereocenters. The van der Waals surface area contributed by atoms with Crippen molar-refractivity contribution in [2.24, 2.45) is 42.9 Å². The van der Waals surface area contributed by atoms with Crippen molar-refractivity contribution in [2.75, 3.05) is 60.5 Å². The predicted molar refractivity (Wildman–Crippen MR) is 276 cm³/mol. The van der Waals surface area contributed by atoms with Gasteiger partial charge in [0, 0.05) is 87.9 Å². The monoisotopic (exact) mass is 1030 g/mol. The minimum Gasteiger partial charge on any atom is -0.477 e. The fraction of sp³-hybridized carbons (Fsp3) is 0.500. The fourth-order valence-corrected chi connectivity index (χ4v) is 10.5. The number of carboxylic acids is 2. The van der Waals surface area contributed by atoms with Gasteiger partial charge in [0.25, 0.3) is 0 Å². The molecule has 8 rings (SSSR count). The highest BCUT2D eigenvalue weighted by atomic mass is 19.1. The van der Waals surface area contributed by atoms with Gasteiger partial charge in [0.15, 0.2) is 35.2 Å². The van der Waals surface area contributed by atoms with Crippen LogP contribution in [0.3, 0.4) is 0 Å². The van der Waals surface area contributed by atoms with Crippen LogP contribution in [0.1, 0.15) is 112 Å². The SMILES string of the molecule is CC1CN(c2c(F)c(N)c3c(=O)c(C(=O)O)cn(C4CC4)c3c2F)CC(C)N1/C(N)=N/C(N)=NCCCCCCN=C(N)/N=C(\N)N1C(C)CN(c2c(F)c(N)c3c(=O)c(C(=O)O)cn(C4CC4)c3c2F)CC1C. The molecule has 2 aromatic carbocycles. The van der Waals surface area contributed by atoms with Crippen molar-refractivity contribution in [3.05, 3.63) is 67.2 Å². The lowest BCUT2D eigenvalue weighted by molar-refractivity contribution is 0.0684. The first kappa shape index (κ1) is 52.5. The summed E-state index contributed by atoms with van der Waals surface area (Å²) in [6, 6.07) is -2.21. The summed E-state index contributed by atoms with van der Waals surface area (Å²) in [5.41, 5.74) is 31.5. The Morgan fingerprint density at radius 2 is 0.892 bits per heavy atom. The Kier molecular flexibility index (Phi) is 14.6. The second kappa shape index (κ2) is 20.6. The molecule has 4 aliphatic rings. The van der Waals surface area contributed by atoms with Crippen molar-refractivity contribution in [2.45, 2.75) is 115 Å². The first-order chi connectivity index (χ1) is 35.0.